The molecule has 1 aromatic heterocycles. The number of aromatic nitrogens is 1. The van der Waals surface area contributed by atoms with Crippen molar-refractivity contribution in [3.8, 4) is 11.1 Å². The van der Waals surface area contributed by atoms with E-state index in [1.807, 2.05) is 48.5 Å². The number of likely N-dealkylation sites (tertiary alicyclic amines) is 1. The summed E-state index contributed by atoms with van der Waals surface area (Å²) in [6, 6.07) is 14.8. The highest BCUT2D eigenvalue weighted by molar-refractivity contribution is 5.96. The molecule has 10 nitrogen and oxygen atoms in total. The van der Waals surface area contributed by atoms with Gasteiger partial charge in [-0.15, -0.1) is 0 Å². The number of nitrogens with one attached hydrogen (secondary N) is 1. The second kappa shape index (κ2) is 9.22. The Balaban J connectivity index is 1.22. The number of nitrogens with zero attached hydrogens (tertiary/aromatic N) is 2. The number of carbonyl (C=O) groups is 3. The lowest BCUT2D eigenvalue weighted by Crippen LogP contribution is -2.41. The van der Waals surface area contributed by atoms with Gasteiger partial charge in [-0.2, -0.15) is 0 Å². The lowest BCUT2D eigenvalue weighted by atomic mass is 9.98. The molecular weight excluding hydrogens is 454 g/mol. The van der Waals surface area contributed by atoms with Crippen molar-refractivity contribution in [1.29, 1.82) is 0 Å². The van der Waals surface area contributed by atoms with Crippen LogP contribution in [0.5, 0.6) is 0 Å². The van der Waals surface area contributed by atoms with Gasteiger partial charge in [-0.3, -0.25) is 4.79 Å². The zero-order chi connectivity index (χ0) is 24.5. The van der Waals surface area contributed by atoms with Crippen molar-refractivity contribution in [3.63, 3.8) is 0 Å². The average Bonchev–Trinajstić information content (AvgIpc) is 3.57. The zero-order valence-electron chi connectivity index (χ0n) is 18.6. The van der Waals surface area contributed by atoms with E-state index in [1.165, 1.54) is 0 Å². The Morgan fingerprint density at radius 3 is 2.40 bits per heavy atom. The van der Waals surface area contributed by atoms with Gasteiger partial charge in [0.2, 0.25) is 0 Å². The van der Waals surface area contributed by atoms with Crippen molar-refractivity contribution >= 4 is 18.0 Å². The van der Waals surface area contributed by atoms with E-state index < -0.39 is 30.1 Å². The standard InChI is InChI=1S/C25H23N3O7/c29-14-9-20(24(31)32)28(11-14)23(30)22-21(35-13-27-22)10-26-25(33)34-12-19-17-7-3-1-5-15(17)16-6-2-4-8-18(16)19/h1-8,13-14,19-20,29H,9-12H2,(H,26,33)(H,31,32)/t14-,20-/m1/s1. The molecule has 10 heteroatoms. The number of hydrogen-bond acceptors (Lipinski definition) is 7. The van der Waals surface area contributed by atoms with Crippen LogP contribution in [0.25, 0.3) is 11.1 Å². The van der Waals surface area contributed by atoms with Crippen LogP contribution in [-0.2, 0) is 16.1 Å². The van der Waals surface area contributed by atoms with Crippen LogP contribution >= 0.6 is 0 Å². The molecule has 1 aliphatic heterocycles. The van der Waals surface area contributed by atoms with Crippen molar-refractivity contribution in [2.24, 2.45) is 0 Å². The summed E-state index contributed by atoms with van der Waals surface area (Å²) in [7, 11) is 0. The van der Waals surface area contributed by atoms with Crippen molar-refractivity contribution in [3.05, 3.63) is 77.5 Å². The molecule has 1 saturated heterocycles. The predicted molar refractivity (Wildman–Crippen MR) is 121 cm³/mol. The molecule has 1 aliphatic carbocycles. The Morgan fingerprint density at radius 1 is 1.09 bits per heavy atom. The molecule has 0 radical (unpaired) electrons. The summed E-state index contributed by atoms with van der Waals surface area (Å²) in [4.78, 5) is 41.7. The third kappa shape index (κ3) is 4.24. The minimum absolute atomic E-state index is 0.0632. The van der Waals surface area contributed by atoms with Gasteiger partial charge in [0.1, 0.15) is 12.6 Å². The van der Waals surface area contributed by atoms with Gasteiger partial charge in [-0.25, -0.2) is 14.6 Å². The molecule has 2 heterocycles. The number of ether oxygens (including phenoxy) is 1. The van der Waals surface area contributed by atoms with Gasteiger partial charge in [0.05, 0.1) is 12.6 Å². The first kappa shape index (κ1) is 22.6. The fourth-order valence-corrected chi connectivity index (χ4v) is 4.78. The van der Waals surface area contributed by atoms with Gasteiger partial charge in [-0.05, 0) is 22.3 Å². The predicted octanol–water partition coefficient (Wildman–Crippen LogP) is 2.37. The summed E-state index contributed by atoms with van der Waals surface area (Å²) in [5, 5.41) is 21.7. The maximum atomic E-state index is 12.9. The highest BCUT2D eigenvalue weighted by atomic mass is 16.5. The zero-order valence-corrected chi connectivity index (χ0v) is 18.6. The Hall–Kier alpha value is -4.18. The van der Waals surface area contributed by atoms with E-state index in [9.17, 15) is 24.6 Å². The van der Waals surface area contributed by atoms with Crippen LogP contribution in [0.4, 0.5) is 4.79 Å². The summed E-state index contributed by atoms with van der Waals surface area (Å²) in [5.41, 5.74) is 4.29. The number of carboxylic acids is 1. The van der Waals surface area contributed by atoms with Crippen LogP contribution < -0.4 is 5.32 Å². The molecule has 2 amide bonds. The first-order valence-electron chi connectivity index (χ1n) is 11.2. The van der Waals surface area contributed by atoms with E-state index in [4.69, 9.17) is 9.15 Å². The second-order valence-corrected chi connectivity index (χ2v) is 8.50. The van der Waals surface area contributed by atoms with Crippen molar-refractivity contribution < 1.29 is 33.8 Å². The normalized spacial score (nSPS) is 18.7. The van der Waals surface area contributed by atoms with Crippen LogP contribution in [0.1, 0.15) is 39.7 Å². The lowest BCUT2D eigenvalue weighted by molar-refractivity contribution is -0.141. The molecule has 0 spiro atoms. The van der Waals surface area contributed by atoms with E-state index in [-0.39, 0.29) is 43.5 Å². The monoisotopic (exact) mass is 477 g/mol. The highest BCUT2D eigenvalue weighted by Crippen LogP contribution is 2.44. The van der Waals surface area contributed by atoms with Gasteiger partial charge in [0, 0.05) is 18.9 Å². The topological polar surface area (TPSA) is 142 Å². The number of aliphatic hydroxyl groups is 1. The van der Waals surface area contributed by atoms with Crippen molar-refractivity contribution in [2.45, 2.75) is 31.0 Å². The number of amides is 2. The number of aliphatic carboxylic acids is 1. The number of alkyl carbamates (subject to hydrolysis) is 1. The number of carbonyl (C=O) groups excluding carboxylic acids is 2. The molecule has 0 bridgehead atoms. The molecule has 35 heavy (non-hydrogen) atoms. The van der Waals surface area contributed by atoms with Gasteiger partial charge in [0.25, 0.3) is 5.91 Å². The van der Waals surface area contributed by atoms with Gasteiger partial charge < -0.3 is 29.6 Å². The summed E-state index contributed by atoms with van der Waals surface area (Å²) in [6.45, 7) is -0.165. The number of aliphatic hydroxyl groups excluding tert-OH is 1. The number of carboxylic acid groups (broad SMARTS) is 1. The van der Waals surface area contributed by atoms with E-state index in [0.717, 1.165) is 33.5 Å². The van der Waals surface area contributed by atoms with Gasteiger partial charge in [0.15, 0.2) is 17.8 Å². The molecule has 2 atom stereocenters. The van der Waals surface area contributed by atoms with Crippen LogP contribution in [0, 0.1) is 0 Å². The third-order valence-electron chi connectivity index (χ3n) is 6.41. The number of β-amino-alcohol motifs (C(OH)–C–C–N with tert-alkyl or cyclic N) is 1. The van der Waals surface area contributed by atoms with Crippen molar-refractivity contribution in [2.75, 3.05) is 13.2 Å². The minimum Gasteiger partial charge on any atom is -0.480 e. The van der Waals surface area contributed by atoms with Crippen LogP contribution in [-0.4, -0.2) is 63.4 Å². The Morgan fingerprint density at radius 2 is 1.74 bits per heavy atom. The molecule has 1 fully saturated rings. The Labute approximate surface area is 200 Å². The maximum absolute atomic E-state index is 12.9. The summed E-state index contributed by atoms with van der Waals surface area (Å²) >= 11 is 0. The number of oxazole rings is 1. The average molecular weight is 477 g/mol. The van der Waals surface area contributed by atoms with E-state index in [2.05, 4.69) is 10.3 Å². The largest absolute Gasteiger partial charge is 0.480 e. The molecule has 3 aromatic rings. The molecule has 2 aromatic carbocycles. The smallest absolute Gasteiger partial charge is 0.407 e. The van der Waals surface area contributed by atoms with Crippen molar-refractivity contribution in [1.82, 2.24) is 15.2 Å². The molecule has 3 N–H and O–H groups in total. The third-order valence-corrected chi connectivity index (χ3v) is 6.41. The lowest BCUT2D eigenvalue weighted by Gasteiger charge is -2.20. The second-order valence-electron chi connectivity index (χ2n) is 8.50. The van der Waals surface area contributed by atoms with E-state index in [0.29, 0.717) is 0 Å². The first-order chi connectivity index (χ1) is 16.9. The number of hydrogen-bond donors (Lipinski definition) is 3. The quantitative estimate of drug-likeness (QED) is 0.491. The fraction of sp³-hybridized carbons (Fsp3) is 0.280. The number of benzene rings is 2. The molecule has 180 valence electrons. The fourth-order valence-electron chi connectivity index (χ4n) is 4.78. The molecular formula is C25H23N3O7. The van der Waals surface area contributed by atoms with Crippen LogP contribution in [0.3, 0.4) is 0 Å². The minimum atomic E-state index is -1.21. The number of rotatable bonds is 6. The van der Waals surface area contributed by atoms with Gasteiger partial charge in [-0.1, -0.05) is 48.5 Å². The molecule has 5 rings (SSSR count). The first-order valence-corrected chi connectivity index (χ1v) is 11.2. The van der Waals surface area contributed by atoms with Crippen LogP contribution in [0.15, 0.2) is 59.3 Å². The number of fused-ring (bicyclic) bond motifs is 3. The summed E-state index contributed by atoms with van der Waals surface area (Å²) in [5.74, 6) is -1.93. The summed E-state index contributed by atoms with van der Waals surface area (Å²) < 4.78 is 10.7. The molecule has 0 unspecified atom stereocenters. The molecule has 2 aliphatic rings. The Kier molecular flexibility index (Phi) is 5.96. The SMILES string of the molecule is O=C(NCc1ocnc1C(=O)N1C[C@H](O)C[C@@H]1C(=O)O)OCC1c2ccccc2-c2ccccc21. The van der Waals surface area contributed by atoms with Gasteiger partial charge >= 0.3 is 12.1 Å². The molecule has 0 saturated carbocycles. The maximum Gasteiger partial charge on any atom is 0.407 e. The summed E-state index contributed by atoms with van der Waals surface area (Å²) in [6.07, 6.45) is -0.646. The van der Waals surface area contributed by atoms with E-state index >= 15 is 0 Å². The van der Waals surface area contributed by atoms with Crippen LogP contribution in [0.2, 0.25) is 0 Å². The Bertz CT molecular complexity index is 1240. The highest BCUT2D eigenvalue weighted by Gasteiger charge is 2.40. The van der Waals surface area contributed by atoms with E-state index in [1.54, 1.807) is 0 Å².